The lowest BCUT2D eigenvalue weighted by Gasteiger charge is -2.09. The fourth-order valence-electron chi connectivity index (χ4n) is 3.50. The zero-order chi connectivity index (χ0) is 19.7. The first-order chi connectivity index (χ1) is 13.6. The molecule has 0 unspecified atom stereocenters. The standard InChI is InChI=1S/C23H22N2O3/c1-4-14-6-5-7-20-19-9-8-16(12-21(19)25-22(14)20)24-23(26)15-10-17(27-2)13-18(11-15)28-3/h5-13,25H,4H2,1-3H3,(H,24,26). The Hall–Kier alpha value is -3.47. The van der Waals surface area contributed by atoms with Gasteiger partial charge < -0.3 is 19.8 Å². The number of anilines is 1. The molecule has 0 saturated heterocycles. The van der Waals surface area contributed by atoms with Gasteiger partial charge in [-0.3, -0.25) is 4.79 Å². The molecule has 0 aliphatic rings. The van der Waals surface area contributed by atoms with E-state index >= 15 is 0 Å². The summed E-state index contributed by atoms with van der Waals surface area (Å²) in [6, 6.07) is 17.4. The molecule has 0 fully saturated rings. The van der Waals surface area contributed by atoms with Crippen LogP contribution < -0.4 is 14.8 Å². The van der Waals surface area contributed by atoms with Crippen molar-refractivity contribution in [3.05, 3.63) is 65.7 Å². The van der Waals surface area contributed by atoms with E-state index in [9.17, 15) is 4.79 Å². The average molecular weight is 374 g/mol. The number of aryl methyl sites for hydroxylation is 1. The van der Waals surface area contributed by atoms with Gasteiger partial charge in [0.25, 0.3) is 5.91 Å². The molecule has 1 amide bonds. The van der Waals surface area contributed by atoms with Crippen molar-refractivity contribution < 1.29 is 14.3 Å². The minimum Gasteiger partial charge on any atom is -0.497 e. The molecule has 0 spiro atoms. The number of methoxy groups -OCH3 is 2. The van der Waals surface area contributed by atoms with Crippen molar-refractivity contribution in [2.75, 3.05) is 19.5 Å². The highest BCUT2D eigenvalue weighted by atomic mass is 16.5. The minimum atomic E-state index is -0.220. The maximum Gasteiger partial charge on any atom is 0.255 e. The lowest BCUT2D eigenvalue weighted by atomic mass is 10.1. The van der Waals surface area contributed by atoms with Gasteiger partial charge in [-0.25, -0.2) is 0 Å². The molecule has 0 saturated carbocycles. The Morgan fingerprint density at radius 3 is 2.39 bits per heavy atom. The van der Waals surface area contributed by atoms with Gasteiger partial charge in [0.1, 0.15) is 11.5 Å². The lowest BCUT2D eigenvalue weighted by molar-refractivity contribution is 0.102. The van der Waals surface area contributed by atoms with Gasteiger partial charge in [0, 0.05) is 39.1 Å². The zero-order valence-electron chi connectivity index (χ0n) is 16.1. The van der Waals surface area contributed by atoms with E-state index in [0.717, 1.165) is 28.5 Å². The number of rotatable bonds is 5. The summed E-state index contributed by atoms with van der Waals surface area (Å²) in [6.45, 7) is 2.15. The van der Waals surface area contributed by atoms with E-state index in [-0.39, 0.29) is 5.91 Å². The van der Waals surface area contributed by atoms with Gasteiger partial charge >= 0.3 is 0 Å². The molecule has 0 atom stereocenters. The van der Waals surface area contributed by atoms with Gasteiger partial charge in [-0.1, -0.05) is 31.2 Å². The smallest absolute Gasteiger partial charge is 0.255 e. The van der Waals surface area contributed by atoms with Crippen LogP contribution in [0.2, 0.25) is 0 Å². The third-order valence-corrected chi connectivity index (χ3v) is 4.97. The number of nitrogens with one attached hydrogen (secondary N) is 2. The first-order valence-corrected chi connectivity index (χ1v) is 9.20. The Balaban J connectivity index is 1.68. The molecule has 1 heterocycles. The normalized spacial score (nSPS) is 11.0. The summed E-state index contributed by atoms with van der Waals surface area (Å²) in [5, 5.41) is 5.30. The van der Waals surface area contributed by atoms with Crippen molar-refractivity contribution in [1.29, 1.82) is 0 Å². The van der Waals surface area contributed by atoms with Crippen LogP contribution in [0.5, 0.6) is 11.5 Å². The van der Waals surface area contributed by atoms with Crippen LogP contribution in [0, 0.1) is 0 Å². The van der Waals surface area contributed by atoms with Crippen LogP contribution >= 0.6 is 0 Å². The van der Waals surface area contributed by atoms with Crippen LogP contribution in [0.15, 0.2) is 54.6 Å². The second-order valence-electron chi connectivity index (χ2n) is 6.63. The Kier molecular flexibility index (Phi) is 4.65. The lowest BCUT2D eigenvalue weighted by Crippen LogP contribution is -2.12. The van der Waals surface area contributed by atoms with Crippen molar-refractivity contribution >= 4 is 33.4 Å². The van der Waals surface area contributed by atoms with E-state index in [1.54, 1.807) is 32.4 Å². The summed E-state index contributed by atoms with van der Waals surface area (Å²) in [5.74, 6) is 0.923. The predicted octanol–water partition coefficient (Wildman–Crippen LogP) is 5.15. The third-order valence-electron chi connectivity index (χ3n) is 4.97. The van der Waals surface area contributed by atoms with Crippen LogP contribution in [0.3, 0.4) is 0 Å². The summed E-state index contributed by atoms with van der Waals surface area (Å²) < 4.78 is 10.5. The number of amides is 1. The SMILES string of the molecule is CCc1cccc2c1[nH]c1cc(NC(=O)c3cc(OC)cc(OC)c3)ccc12. The molecule has 5 heteroatoms. The number of aromatic amines is 1. The van der Waals surface area contributed by atoms with Crippen LogP contribution in [0.25, 0.3) is 21.8 Å². The second kappa shape index (κ2) is 7.27. The highest BCUT2D eigenvalue weighted by Gasteiger charge is 2.12. The molecule has 2 N–H and O–H groups in total. The molecule has 0 radical (unpaired) electrons. The van der Waals surface area contributed by atoms with Crippen molar-refractivity contribution in [3.63, 3.8) is 0 Å². The van der Waals surface area contributed by atoms with Gasteiger partial charge in [-0.15, -0.1) is 0 Å². The fraction of sp³-hybridized carbons (Fsp3) is 0.174. The third kappa shape index (κ3) is 3.16. The molecule has 142 valence electrons. The molecule has 5 nitrogen and oxygen atoms in total. The van der Waals surface area contributed by atoms with Gasteiger partial charge in [-0.05, 0) is 36.2 Å². The molecule has 4 aromatic rings. The highest BCUT2D eigenvalue weighted by molar-refractivity contribution is 6.10. The van der Waals surface area contributed by atoms with Crippen molar-refractivity contribution in [1.82, 2.24) is 4.98 Å². The first-order valence-electron chi connectivity index (χ1n) is 9.20. The number of hydrogen-bond acceptors (Lipinski definition) is 3. The maximum atomic E-state index is 12.7. The van der Waals surface area contributed by atoms with E-state index in [0.29, 0.717) is 17.1 Å². The number of para-hydroxylation sites is 1. The first kappa shape index (κ1) is 17.9. The fourth-order valence-corrected chi connectivity index (χ4v) is 3.50. The van der Waals surface area contributed by atoms with Crippen LogP contribution in [-0.4, -0.2) is 25.1 Å². The molecule has 3 aromatic carbocycles. The van der Waals surface area contributed by atoms with Gasteiger partial charge in [0.15, 0.2) is 0 Å². The number of H-pyrrole nitrogens is 1. The predicted molar refractivity (Wildman–Crippen MR) is 113 cm³/mol. The Labute approximate surface area is 163 Å². The molecular weight excluding hydrogens is 352 g/mol. The minimum absolute atomic E-state index is 0.220. The van der Waals surface area contributed by atoms with Crippen molar-refractivity contribution in [2.24, 2.45) is 0 Å². The van der Waals surface area contributed by atoms with Gasteiger partial charge in [0.2, 0.25) is 0 Å². The van der Waals surface area contributed by atoms with E-state index in [1.807, 2.05) is 18.2 Å². The van der Waals surface area contributed by atoms with Crippen molar-refractivity contribution in [2.45, 2.75) is 13.3 Å². The van der Waals surface area contributed by atoms with Gasteiger partial charge in [-0.2, -0.15) is 0 Å². The maximum absolute atomic E-state index is 12.7. The molecule has 0 bridgehead atoms. The van der Waals surface area contributed by atoms with E-state index < -0.39 is 0 Å². The van der Waals surface area contributed by atoms with Crippen LogP contribution in [0.4, 0.5) is 5.69 Å². The quantitative estimate of drug-likeness (QED) is 0.508. The number of fused-ring (bicyclic) bond motifs is 3. The summed E-state index contributed by atoms with van der Waals surface area (Å²) in [6.07, 6.45) is 0.964. The summed E-state index contributed by atoms with van der Waals surface area (Å²) in [7, 11) is 3.12. The zero-order valence-corrected chi connectivity index (χ0v) is 16.1. The molecule has 1 aromatic heterocycles. The second-order valence-corrected chi connectivity index (χ2v) is 6.63. The summed E-state index contributed by atoms with van der Waals surface area (Å²) in [5.41, 5.74) is 4.63. The molecule has 4 rings (SSSR count). The van der Waals surface area contributed by atoms with E-state index in [1.165, 1.54) is 10.9 Å². The van der Waals surface area contributed by atoms with Crippen LogP contribution in [-0.2, 0) is 6.42 Å². The summed E-state index contributed by atoms with van der Waals surface area (Å²) in [4.78, 5) is 16.2. The van der Waals surface area contributed by atoms with E-state index in [4.69, 9.17) is 9.47 Å². The molecular formula is C23H22N2O3. The number of hydrogen-bond donors (Lipinski definition) is 2. The highest BCUT2D eigenvalue weighted by Crippen LogP contribution is 2.30. The monoisotopic (exact) mass is 374 g/mol. The molecule has 28 heavy (non-hydrogen) atoms. The number of carbonyl (C=O) groups excluding carboxylic acids is 1. The Morgan fingerprint density at radius 1 is 0.964 bits per heavy atom. The van der Waals surface area contributed by atoms with Crippen molar-refractivity contribution in [3.8, 4) is 11.5 Å². The number of benzene rings is 3. The topological polar surface area (TPSA) is 63.4 Å². The number of carbonyl (C=O) groups is 1. The van der Waals surface area contributed by atoms with Gasteiger partial charge in [0.05, 0.1) is 14.2 Å². The largest absolute Gasteiger partial charge is 0.497 e. The average Bonchev–Trinajstić information content (AvgIpc) is 3.11. The van der Waals surface area contributed by atoms with Crippen LogP contribution in [0.1, 0.15) is 22.8 Å². The number of aromatic nitrogens is 1. The molecule has 0 aliphatic heterocycles. The number of ether oxygens (including phenoxy) is 2. The Morgan fingerprint density at radius 2 is 1.71 bits per heavy atom. The van der Waals surface area contributed by atoms with E-state index in [2.05, 4.69) is 35.4 Å². The Bertz CT molecular complexity index is 1160. The summed E-state index contributed by atoms with van der Waals surface area (Å²) >= 11 is 0. The molecule has 0 aliphatic carbocycles.